The van der Waals surface area contributed by atoms with E-state index in [9.17, 15) is 30.6 Å². The molecule has 0 unspecified atom stereocenters. The molecule has 1 heterocycles. The fraction of sp³-hybridized carbons (Fsp3) is 0.250. The molecule has 1 aliphatic rings. The van der Waals surface area contributed by atoms with Gasteiger partial charge in [0.25, 0.3) is 0 Å². The molecule has 0 saturated heterocycles. The second-order valence-electron chi connectivity index (χ2n) is 15.0. The van der Waals surface area contributed by atoms with Gasteiger partial charge >= 0.3 is 0 Å². The van der Waals surface area contributed by atoms with Crippen LogP contribution >= 0.6 is 70.6 Å². The molecule has 0 amide bonds. The van der Waals surface area contributed by atoms with Crippen molar-refractivity contribution in [3.05, 3.63) is 176 Å². The highest BCUT2D eigenvalue weighted by Crippen LogP contribution is 2.33. The van der Waals surface area contributed by atoms with Gasteiger partial charge < -0.3 is 30.6 Å². The number of fused-ring (bicyclic) bond motifs is 12. The van der Waals surface area contributed by atoms with Gasteiger partial charge in [-0.1, -0.05) is 36.4 Å². The van der Waals surface area contributed by atoms with Crippen LogP contribution < -0.4 is 0 Å². The summed E-state index contributed by atoms with van der Waals surface area (Å²) < 4.78 is 0. The summed E-state index contributed by atoms with van der Waals surface area (Å²) in [6.45, 7) is 0. The summed E-state index contributed by atoms with van der Waals surface area (Å²) in [5.41, 5.74) is 12.5. The Morgan fingerprint density at radius 3 is 0.383 bits per heavy atom. The molecule has 0 fully saturated rings. The van der Waals surface area contributed by atoms with E-state index in [0.717, 1.165) is 136 Å². The molecule has 0 aromatic heterocycles. The SMILES string of the molecule is Oc1cc2cc(c1)CSCc1cc(O)cc(c1)CSCc1cc(O)cc(c1)CSCc1cc(O)cc(c1)CSCc1cc(O)cc(c1)CSCc1cc(O)cc(c1)CSC2. The molecule has 312 valence electrons. The van der Waals surface area contributed by atoms with Crippen LogP contribution in [0.15, 0.2) is 109 Å². The Labute approximate surface area is 378 Å². The van der Waals surface area contributed by atoms with Crippen LogP contribution in [0.1, 0.15) is 66.8 Å². The van der Waals surface area contributed by atoms with E-state index in [0.29, 0.717) is 0 Å². The maximum absolute atomic E-state index is 10.6. The lowest BCUT2D eigenvalue weighted by Gasteiger charge is -2.11. The lowest BCUT2D eigenvalue weighted by Crippen LogP contribution is -1.92. The number of aromatic hydroxyl groups is 6. The van der Waals surface area contributed by atoms with Gasteiger partial charge in [-0.2, -0.15) is 70.6 Å². The Morgan fingerprint density at radius 1 is 0.183 bits per heavy atom. The van der Waals surface area contributed by atoms with Crippen LogP contribution in [0.5, 0.6) is 34.5 Å². The molecule has 6 aromatic carbocycles. The minimum atomic E-state index is 0.248. The summed E-state index contributed by atoms with van der Waals surface area (Å²) in [5.74, 6) is 10.1. The molecule has 12 heteroatoms. The third-order valence-electron chi connectivity index (χ3n) is 9.45. The third kappa shape index (κ3) is 14.1. The number of rotatable bonds is 0. The molecule has 0 saturated carbocycles. The Bertz CT molecular complexity index is 1840. The standard InChI is InChI=1S/C48H48O6S6/c49-43-7-31-1-32(8-43)20-56-22-34-3-36(12-45(51)10-34)24-58-26-38-5-40(16-47(53)14-38)28-60-30-42-6-41(17-48(54)18-42)29-59-27-39-4-37(13-46(52)15-39)25-57-23-35-2-33(21-55-19-31)9-44(50)11-35/h1-18,49-54H,19-30H2. The molecule has 12 bridgehead atoms. The molecule has 0 radical (unpaired) electrons. The zero-order valence-corrected chi connectivity index (χ0v) is 37.9. The first kappa shape index (κ1) is 44.3. The van der Waals surface area contributed by atoms with E-state index >= 15 is 0 Å². The summed E-state index contributed by atoms with van der Waals surface area (Å²) in [4.78, 5) is 0. The zero-order chi connectivity index (χ0) is 41.8. The van der Waals surface area contributed by atoms with E-state index in [1.807, 2.05) is 72.8 Å². The van der Waals surface area contributed by atoms with E-state index in [-0.39, 0.29) is 34.5 Å². The molecular formula is C48H48O6S6. The topological polar surface area (TPSA) is 121 Å². The first-order valence-electron chi connectivity index (χ1n) is 19.4. The average molecular weight is 913 g/mol. The number of benzene rings is 6. The maximum atomic E-state index is 10.6. The van der Waals surface area contributed by atoms with Gasteiger partial charge in [-0.05, 0) is 140 Å². The van der Waals surface area contributed by atoms with Crippen LogP contribution in [-0.2, 0) is 69.0 Å². The maximum Gasteiger partial charge on any atom is 0.116 e. The second kappa shape index (κ2) is 21.8. The minimum absolute atomic E-state index is 0.248. The minimum Gasteiger partial charge on any atom is -0.508 e. The predicted octanol–water partition coefficient (Wildman–Crippen LogP) is 12.8. The number of thioether (sulfide) groups is 6. The van der Waals surface area contributed by atoms with Gasteiger partial charge in [0.2, 0.25) is 0 Å². The first-order valence-corrected chi connectivity index (χ1v) is 26.4. The molecule has 7 rings (SSSR count). The fourth-order valence-corrected chi connectivity index (χ4v) is 12.6. The molecule has 60 heavy (non-hydrogen) atoms. The van der Waals surface area contributed by atoms with Crippen LogP contribution in [0.3, 0.4) is 0 Å². The van der Waals surface area contributed by atoms with Crippen LogP contribution in [0.4, 0.5) is 0 Å². The van der Waals surface area contributed by atoms with E-state index in [4.69, 9.17) is 0 Å². The van der Waals surface area contributed by atoms with Crippen LogP contribution in [0, 0.1) is 0 Å². The van der Waals surface area contributed by atoms with Gasteiger partial charge in [0.1, 0.15) is 34.5 Å². The Kier molecular flexibility index (Phi) is 16.1. The van der Waals surface area contributed by atoms with Crippen LogP contribution in [0.25, 0.3) is 0 Å². The summed E-state index contributed by atoms with van der Waals surface area (Å²) >= 11 is 10.4. The zero-order valence-electron chi connectivity index (χ0n) is 33.0. The highest BCUT2D eigenvalue weighted by Gasteiger charge is 2.10. The van der Waals surface area contributed by atoms with Crippen molar-refractivity contribution in [2.24, 2.45) is 0 Å². The van der Waals surface area contributed by atoms with Gasteiger partial charge in [-0.3, -0.25) is 0 Å². The predicted molar refractivity (Wildman–Crippen MR) is 259 cm³/mol. The van der Waals surface area contributed by atoms with Crippen molar-refractivity contribution in [3.63, 3.8) is 0 Å². The fourth-order valence-electron chi connectivity index (χ4n) is 7.18. The summed E-state index contributed by atoms with van der Waals surface area (Å²) in [5, 5.41) is 63.3. The van der Waals surface area contributed by atoms with E-state index in [2.05, 4.69) is 36.4 Å². The second-order valence-corrected chi connectivity index (χ2v) is 20.9. The third-order valence-corrected chi connectivity index (χ3v) is 15.9. The van der Waals surface area contributed by atoms with Crippen molar-refractivity contribution in [2.45, 2.75) is 69.0 Å². The average Bonchev–Trinajstić information content (AvgIpc) is 3.17. The largest absolute Gasteiger partial charge is 0.508 e. The van der Waals surface area contributed by atoms with Crippen molar-refractivity contribution in [3.8, 4) is 34.5 Å². The molecule has 6 aromatic rings. The number of hydrogen-bond acceptors (Lipinski definition) is 12. The lowest BCUT2D eigenvalue weighted by atomic mass is 10.1. The molecule has 6 N–H and O–H groups in total. The quantitative estimate of drug-likeness (QED) is 0.0870. The van der Waals surface area contributed by atoms with Crippen LogP contribution in [-0.4, -0.2) is 30.6 Å². The summed E-state index contributed by atoms with van der Waals surface area (Å²) in [6.07, 6.45) is 0. The van der Waals surface area contributed by atoms with Gasteiger partial charge in [0, 0.05) is 69.0 Å². The first-order chi connectivity index (χ1) is 29.1. The van der Waals surface area contributed by atoms with Gasteiger partial charge in [-0.25, -0.2) is 0 Å². The number of phenolic OH excluding ortho intramolecular Hbond substituents is 6. The lowest BCUT2D eigenvalue weighted by molar-refractivity contribution is 0.473. The number of hydrogen-bond donors (Lipinski definition) is 6. The Balaban J connectivity index is 1.05. The normalized spacial score (nSPS) is 15.2. The van der Waals surface area contributed by atoms with Gasteiger partial charge in [0.15, 0.2) is 0 Å². The van der Waals surface area contributed by atoms with Crippen molar-refractivity contribution in [1.29, 1.82) is 0 Å². The number of phenols is 6. The molecule has 0 spiro atoms. The van der Waals surface area contributed by atoms with Crippen molar-refractivity contribution >= 4 is 70.6 Å². The molecule has 6 nitrogen and oxygen atoms in total. The van der Waals surface area contributed by atoms with E-state index in [1.165, 1.54) is 0 Å². The van der Waals surface area contributed by atoms with Gasteiger partial charge in [0.05, 0.1) is 0 Å². The van der Waals surface area contributed by atoms with Crippen molar-refractivity contribution < 1.29 is 30.6 Å². The monoisotopic (exact) mass is 912 g/mol. The molecule has 0 aliphatic carbocycles. The molecule has 1 aliphatic heterocycles. The smallest absolute Gasteiger partial charge is 0.116 e. The Morgan fingerprint density at radius 2 is 0.283 bits per heavy atom. The summed E-state index contributed by atoms with van der Waals surface area (Å²) in [7, 11) is 0. The van der Waals surface area contributed by atoms with Crippen LogP contribution in [0.2, 0.25) is 0 Å². The highest BCUT2D eigenvalue weighted by molar-refractivity contribution is 7.98. The van der Waals surface area contributed by atoms with E-state index < -0.39 is 0 Å². The highest BCUT2D eigenvalue weighted by atomic mass is 32.2. The molecular weight excluding hydrogens is 865 g/mol. The summed E-state index contributed by atoms with van der Waals surface area (Å²) in [6, 6.07) is 34.6. The van der Waals surface area contributed by atoms with Crippen molar-refractivity contribution in [1.82, 2.24) is 0 Å². The Hall–Kier alpha value is -3.78. The van der Waals surface area contributed by atoms with Crippen molar-refractivity contribution in [2.75, 3.05) is 0 Å². The van der Waals surface area contributed by atoms with Gasteiger partial charge in [-0.15, -0.1) is 0 Å². The molecule has 0 atom stereocenters. The van der Waals surface area contributed by atoms with E-state index in [1.54, 1.807) is 70.6 Å².